The molecule has 5 nitrogen and oxygen atoms in total. The molecule has 0 unspecified atom stereocenters. The van der Waals surface area contributed by atoms with Crippen molar-refractivity contribution in [2.24, 2.45) is 0 Å². The summed E-state index contributed by atoms with van der Waals surface area (Å²) < 4.78 is 10.4. The van der Waals surface area contributed by atoms with E-state index >= 15 is 0 Å². The van der Waals surface area contributed by atoms with Gasteiger partial charge in [-0.05, 0) is 49.6 Å². The van der Waals surface area contributed by atoms with E-state index < -0.39 is 24.6 Å². The summed E-state index contributed by atoms with van der Waals surface area (Å²) in [5.74, 6) is -0.809. The van der Waals surface area contributed by atoms with Gasteiger partial charge in [0.2, 0.25) is 0 Å². The van der Waals surface area contributed by atoms with E-state index in [1.54, 1.807) is 30.0 Å². The molecule has 1 N–H and O–H groups in total. The van der Waals surface area contributed by atoms with Crippen LogP contribution in [0.15, 0.2) is 47.4 Å². The van der Waals surface area contributed by atoms with E-state index in [9.17, 15) is 9.59 Å². The Balaban J connectivity index is 1.83. The van der Waals surface area contributed by atoms with Gasteiger partial charge in [-0.3, -0.25) is 4.79 Å². The summed E-state index contributed by atoms with van der Waals surface area (Å²) >= 11 is 13.4. The van der Waals surface area contributed by atoms with Crippen LogP contribution in [0.3, 0.4) is 0 Å². The molecule has 0 aliphatic rings. The zero-order valence-electron chi connectivity index (χ0n) is 14.1. The molecule has 0 bridgehead atoms. The summed E-state index contributed by atoms with van der Waals surface area (Å²) in [4.78, 5) is 24.9. The summed E-state index contributed by atoms with van der Waals surface area (Å²) in [5.41, 5.74) is 0.634. The third-order valence-electron chi connectivity index (χ3n) is 3.23. The van der Waals surface area contributed by atoms with Crippen LogP contribution in [0.1, 0.15) is 6.92 Å². The maximum absolute atomic E-state index is 12.0. The molecule has 0 aliphatic heterocycles. The molecule has 2 aromatic rings. The number of carbonyl (C=O) groups excluding carboxylic acids is 2. The Kier molecular flexibility index (Phi) is 7.63. The molecule has 0 radical (unpaired) electrons. The number of hydrogen-bond donors (Lipinski definition) is 1. The largest absolute Gasteiger partial charge is 0.477 e. The Bertz CT molecular complexity index is 801. The quantitative estimate of drug-likeness (QED) is 0.527. The number of carbonyl (C=O) groups is 2. The fraction of sp³-hybridized carbons (Fsp3) is 0.222. The fourth-order valence-corrected chi connectivity index (χ4v) is 2.87. The van der Waals surface area contributed by atoms with Crippen LogP contribution in [0.4, 0.5) is 5.69 Å². The summed E-state index contributed by atoms with van der Waals surface area (Å²) in [6, 6.07) is 12.0. The molecule has 0 spiro atoms. The van der Waals surface area contributed by atoms with Crippen LogP contribution >= 0.6 is 35.0 Å². The first kappa shape index (κ1) is 20.4. The Labute approximate surface area is 166 Å². The molecule has 26 heavy (non-hydrogen) atoms. The molecular weight excluding hydrogens is 397 g/mol. The zero-order valence-corrected chi connectivity index (χ0v) is 16.5. The van der Waals surface area contributed by atoms with Crippen LogP contribution in [0.2, 0.25) is 10.0 Å². The second-order valence-electron chi connectivity index (χ2n) is 5.22. The van der Waals surface area contributed by atoms with Crippen molar-refractivity contribution >= 4 is 52.5 Å². The number of esters is 1. The number of ether oxygens (including phenoxy) is 2. The molecule has 0 heterocycles. The van der Waals surface area contributed by atoms with Gasteiger partial charge in [-0.15, -0.1) is 11.8 Å². The minimum Gasteiger partial charge on any atom is -0.477 e. The number of rotatable bonds is 7. The first-order chi connectivity index (χ1) is 12.4. The number of benzene rings is 2. The normalized spacial score (nSPS) is 11.5. The zero-order chi connectivity index (χ0) is 19.1. The smallest absolute Gasteiger partial charge is 0.347 e. The maximum Gasteiger partial charge on any atom is 0.347 e. The minimum absolute atomic E-state index is 0.281. The molecule has 8 heteroatoms. The summed E-state index contributed by atoms with van der Waals surface area (Å²) in [5, 5.41) is 3.41. The Morgan fingerprint density at radius 3 is 2.65 bits per heavy atom. The number of hydrogen-bond acceptors (Lipinski definition) is 5. The van der Waals surface area contributed by atoms with E-state index in [0.29, 0.717) is 16.5 Å². The highest BCUT2D eigenvalue weighted by Crippen LogP contribution is 2.28. The van der Waals surface area contributed by atoms with Gasteiger partial charge in [-0.2, -0.15) is 0 Å². The first-order valence-electron chi connectivity index (χ1n) is 7.61. The van der Waals surface area contributed by atoms with Crippen LogP contribution in [0.5, 0.6) is 5.75 Å². The van der Waals surface area contributed by atoms with Gasteiger partial charge in [0.25, 0.3) is 5.91 Å². The SMILES string of the molecule is CSc1cccc(NC(=O)COC(=O)[C@H](C)Oc2ccc(Cl)cc2Cl)c1. The van der Waals surface area contributed by atoms with Crippen LogP contribution in [-0.4, -0.2) is 30.8 Å². The van der Waals surface area contributed by atoms with E-state index in [0.717, 1.165) is 4.90 Å². The van der Waals surface area contributed by atoms with Crippen molar-refractivity contribution in [3.05, 3.63) is 52.5 Å². The number of thioether (sulfide) groups is 1. The molecule has 0 aliphatic carbocycles. The summed E-state index contributed by atoms with van der Waals surface area (Å²) in [6.45, 7) is 1.09. The molecule has 0 aromatic heterocycles. The second-order valence-corrected chi connectivity index (χ2v) is 6.95. The van der Waals surface area contributed by atoms with Crippen molar-refractivity contribution in [2.75, 3.05) is 18.2 Å². The molecule has 1 atom stereocenters. The van der Waals surface area contributed by atoms with Crippen LogP contribution < -0.4 is 10.1 Å². The molecular formula is C18H17Cl2NO4S. The third kappa shape index (κ3) is 6.12. The number of halogens is 2. The van der Waals surface area contributed by atoms with Gasteiger partial charge in [0.1, 0.15) is 5.75 Å². The van der Waals surface area contributed by atoms with Crippen molar-refractivity contribution in [3.63, 3.8) is 0 Å². The second kappa shape index (κ2) is 9.71. The van der Waals surface area contributed by atoms with Gasteiger partial charge in [-0.25, -0.2) is 4.79 Å². The van der Waals surface area contributed by atoms with Gasteiger partial charge < -0.3 is 14.8 Å². The molecule has 0 saturated heterocycles. The highest BCUT2D eigenvalue weighted by molar-refractivity contribution is 7.98. The molecule has 138 valence electrons. The highest BCUT2D eigenvalue weighted by atomic mass is 35.5. The van der Waals surface area contributed by atoms with Gasteiger partial charge in [0, 0.05) is 15.6 Å². The summed E-state index contributed by atoms with van der Waals surface area (Å²) in [6.07, 6.45) is 1.01. The van der Waals surface area contributed by atoms with Crippen molar-refractivity contribution < 1.29 is 19.1 Å². The Hall–Kier alpha value is -1.89. The first-order valence-corrected chi connectivity index (χ1v) is 9.59. The monoisotopic (exact) mass is 413 g/mol. The number of amides is 1. The van der Waals surface area contributed by atoms with Crippen molar-refractivity contribution in [2.45, 2.75) is 17.9 Å². The van der Waals surface area contributed by atoms with Gasteiger partial charge in [0.15, 0.2) is 12.7 Å². The fourth-order valence-electron chi connectivity index (χ4n) is 1.96. The molecule has 1 amide bonds. The van der Waals surface area contributed by atoms with E-state index in [4.69, 9.17) is 32.7 Å². The number of nitrogens with one attached hydrogen (secondary N) is 1. The van der Waals surface area contributed by atoms with Crippen LogP contribution in [0.25, 0.3) is 0 Å². The van der Waals surface area contributed by atoms with Crippen molar-refractivity contribution in [1.82, 2.24) is 0 Å². The molecule has 2 rings (SSSR count). The molecule has 2 aromatic carbocycles. The predicted octanol–water partition coefficient (Wildman–Crippen LogP) is 4.66. The van der Waals surface area contributed by atoms with Gasteiger partial charge in [0.05, 0.1) is 5.02 Å². The Morgan fingerprint density at radius 2 is 1.96 bits per heavy atom. The van der Waals surface area contributed by atoms with E-state index in [1.807, 2.05) is 24.5 Å². The third-order valence-corrected chi connectivity index (χ3v) is 4.48. The topological polar surface area (TPSA) is 64.6 Å². The standard InChI is InChI=1S/C18H17Cl2NO4S/c1-11(25-16-7-6-12(19)8-15(16)20)18(23)24-10-17(22)21-13-4-3-5-14(9-13)26-2/h3-9,11H,10H2,1-2H3,(H,21,22)/t11-/m0/s1. The lowest BCUT2D eigenvalue weighted by Gasteiger charge is -2.15. The highest BCUT2D eigenvalue weighted by Gasteiger charge is 2.19. The molecule has 0 saturated carbocycles. The minimum atomic E-state index is -0.929. The van der Waals surface area contributed by atoms with Gasteiger partial charge >= 0.3 is 5.97 Å². The van der Waals surface area contributed by atoms with E-state index in [-0.39, 0.29) is 5.02 Å². The van der Waals surface area contributed by atoms with E-state index in [1.165, 1.54) is 13.0 Å². The van der Waals surface area contributed by atoms with Crippen LogP contribution in [-0.2, 0) is 14.3 Å². The molecule has 0 fully saturated rings. The average Bonchev–Trinajstić information content (AvgIpc) is 2.62. The average molecular weight is 414 g/mol. The lowest BCUT2D eigenvalue weighted by Crippen LogP contribution is -2.29. The van der Waals surface area contributed by atoms with Crippen LogP contribution in [0, 0.1) is 0 Å². The Morgan fingerprint density at radius 1 is 1.19 bits per heavy atom. The van der Waals surface area contributed by atoms with E-state index in [2.05, 4.69) is 5.32 Å². The van der Waals surface area contributed by atoms with Gasteiger partial charge in [-0.1, -0.05) is 29.3 Å². The predicted molar refractivity (Wildman–Crippen MR) is 104 cm³/mol. The maximum atomic E-state index is 12.0. The van der Waals surface area contributed by atoms with Crippen molar-refractivity contribution in [3.8, 4) is 5.75 Å². The number of anilines is 1. The summed E-state index contributed by atoms with van der Waals surface area (Å²) in [7, 11) is 0. The lowest BCUT2D eigenvalue weighted by atomic mass is 10.3. The van der Waals surface area contributed by atoms with Crippen molar-refractivity contribution in [1.29, 1.82) is 0 Å². The lowest BCUT2D eigenvalue weighted by molar-refractivity contribution is -0.153.